The highest BCUT2D eigenvalue weighted by molar-refractivity contribution is 5.91. The van der Waals surface area contributed by atoms with E-state index in [-0.39, 0.29) is 11.7 Å². The number of nitrogen functional groups attached to an aromatic ring is 1. The number of aromatic nitrogens is 3. The Hall–Kier alpha value is -3.62. The topological polar surface area (TPSA) is 99.5 Å². The van der Waals surface area contributed by atoms with Crippen molar-refractivity contribution in [2.45, 2.75) is 18.8 Å². The van der Waals surface area contributed by atoms with Crippen molar-refractivity contribution in [1.29, 1.82) is 0 Å². The number of hydrogen-bond donors (Lipinski definition) is 1. The number of anilines is 2. The Morgan fingerprint density at radius 2 is 1.77 bits per heavy atom. The number of hydrogen-bond acceptors (Lipinski definition) is 8. The van der Waals surface area contributed by atoms with Gasteiger partial charge < -0.3 is 24.6 Å². The van der Waals surface area contributed by atoms with Crippen LogP contribution in [0.3, 0.4) is 0 Å². The highest BCUT2D eigenvalue weighted by Crippen LogP contribution is 2.36. The fourth-order valence-electron chi connectivity index (χ4n) is 4.19. The zero-order valence-corrected chi connectivity index (χ0v) is 17.3. The molecule has 5 rings (SSSR count). The minimum Gasteiger partial charge on any atom is -0.493 e. The first-order valence-electron chi connectivity index (χ1n) is 10.1. The number of nitrogens with two attached hydrogens (primary N) is 1. The molecule has 0 amide bonds. The van der Waals surface area contributed by atoms with Crippen LogP contribution in [0.4, 0.5) is 16.2 Å². The summed E-state index contributed by atoms with van der Waals surface area (Å²) < 4.78 is 29.5. The lowest BCUT2D eigenvalue weighted by molar-refractivity contribution is 0.356. The van der Waals surface area contributed by atoms with Crippen LogP contribution >= 0.6 is 0 Å². The maximum atomic E-state index is 13.4. The monoisotopic (exact) mass is 423 g/mol. The van der Waals surface area contributed by atoms with Gasteiger partial charge in [0.2, 0.25) is 5.95 Å². The van der Waals surface area contributed by atoms with Gasteiger partial charge in [0, 0.05) is 41.9 Å². The van der Waals surface area contributed by atoms with Crippen LogP contribution in [-0.2, 0) is 0 Å². The van der Waals surface area contributed by atoms with E-state index in [4.69, 9.17) is 24.7 Å². The Morgan fingerprint density at radius 3 is 2.52 bits per heavy atom. The van der Waals surface area contributed by atoms with Crippen molar-refractivity contribution in [1.82, 2.24) is 15.1 Å². The third-order valence-electron chi connectivity index (χ3n) is 5.85. The molecule has 0 aliphatic carbocycles. The largest absolute Gasteiger partial charge is 0.493 e. The molecule has 0 unspecified atom stereocenters. The van der Waals surface area contributed by atoms with Crippen molar-refractivity contribution in [3.63, 3.8) is 0 Å². The van der Waals surface area contributed by atoms with Gasteiger partial charge in [-0.25, -0.2) is 9.37 Å². The molecule has 0 spiro atoms. The first-order valence-corrected chi connectivity index (χ1v) is 10.1. The summed E-state index contributed by atoms with van der Waals surface area (Å²) in [5.74, 6) is 2.05. The molecule has 1 aliphatic heterocycles. The molecule has 0 radical (unpaired) electrons. The number of halogens is 1. The van der Waals surface area contributed by atoms with Crippen LogP contribution in [0.5, 0.6) is 11.5 Å². The van der Waals surface area contributed by atoms with E-state index in [0.29, 0.717) is 34.4 Å². The Bertz CT molecular complexity index is 1270. The molecule has 160 valence electrons. The summed E-state index contributed by atoms with van der Waals surface area (Å²) in [5, 5.41) is 5.80. The predicted molar refractivity (Wildman–Crippen MR) is 115 cm³/mol. The lowest BCUT2D eigenvalue weighted by Crippen LogP contribution is -2.34. The van der Waals surface area contributed by atoms with Gasteiger partial charge in [-0.15, -0.1) is 0 Å². The van der Waals surface area contributed by atoms with Crippen molar-refractivity contribution in [3.05, 3.63) is 41.8 Å². The fourth-order valence-corrected chi connectivity index (χ4v) is 4.19. The van der Waals surface area contributed by atoms with Crippen molar-refractivity contribution in [2.75, 3.05) is 37.9 Å². The highest BCUT2D eigenvalue weighted by Gasteiger charge is 2.27. The Labute approximate surface area is 177 Å². The number of piperidine rings is 1. The van der Waals surface area contributed by atoms with E-state index >= 15 is 0 Å². The maximum Gasteiger partial charge on any atom is 0.227 e. The van der Waals surface area contributed by atoms with E-state index in [1.54, 1.807) is 26.4 Å². The average Bonchev–Trinajstić information content (AvgIpc) is 3.21. The second-order valence-corrected chi connectivity index (χ2v) is 7.60. The zero-order valence-electron chi connectivity index (χ0n) is 17.3. The Kier molecular flexibility index (Phi) is 4.72. The van der Waals surface area contributed by atoms with Gasteiger partial charge in [0.05, 0.1) is 25.4 Å². The zero-order chi connectivity index (χ0) is 21.5. The average molecular weight is 423 g/mol. The van der Waals surface area contributed by atoms with Crippen molar-refractivity contribution < 1.29 is 18.4 Å². The molecule has 0 atom stereocenters. The van der Waals surface area contributed by atoms with Gasteiger partial charge in [-0.05, 0) is 31.0 Å². The SMILES string of the molecule is COc1cc2nc(N3CCC(c4noc5cc(F)ccc45)CC3)nc(N)c2cc1OC. The summed E-state index contributed by atoms with van der Waals surface area (Å²) in [6.07, 6.45) is 1.71. The molecule has 3 heterocycles. The van der Waals surface area contributed by atoms with Gasteiger partial charge in [0.25, 0.3) is 0 Å². The molecule has 1 fully saturated rings. The van der Waals surface area contributed by atoms with Crippen LogP contribution in [0.1, 0.15) is 24.5 Å². The van der Waals surface area contributed by atoms with Crippen molar-refractivity contribution >= 4 is 33.6 Å². The minimum atomic E-state index is -0.328. The maximum absolute atomic E-state index is 13.4. The molecule has 31 heavy (non-hydrogen) atoms. The van der Waals surface area contributed by atoms with Gasteiger partial charge in [0.15, 0.2) is 17.1 Å². The molecule has 1 aliphatic rings. The van der Waals surface area contributed by atoms with E-state index in [2.05, 4.69) is 15.0 Å². The number of rotatable bonds is 4. The standard InChI is InChI=1S/C22H22FN5O3/c1-29-18-10-15-16(11-19(18)30-2)25-22(26-21(15)24)28-7-5-12(6-8-28)20-14-4-3-13(23)9-17(14)31-27-20/h3-4,9-12H,5-8H2,1-2H3,(H2,24,25,26). The summed E-state index contributed by atoms with van der Waals surface area (Å²) >= 11 is 0. The smallest absolute Gasteiger partial charge is 0.227 e. The van der Waals surface area contributed by atoms with E-state index in [1.807, 2.05) is 6.07 Å². The van der Waals surface area contributed by atoms with Gasteiger partial charge in [0.1, 0.15) is 11.6 Å². The van der Waals surface area contributed by atoms with Crippen LogP contribution in [0.15, 0.2) is 34.9 Å². The summed E-state index contributed by atoms with van der Waals surface area (Å²) in [6.45, 7) is 1.50. The van der Waals surface area contributed by atoms with Crippen LogP contribution < -0.4 is 20.1 Å². The third kappa shape index (κ3) is 3.35. The molecule has 8 nitrogen and oxygen atoms in total. The second-order valence-electron chi connectivity index (χ2n) is 7.60. The second kappa shape index (κ2) is 7.57. The van der Waals surface area contributed by atoms with Crippen LogP contribution in [0.2, 0.25) is 0 Å². The molecule has 9 heteroatoms. The summed E-state index contributed by atoms with van der Waals surface area (Å²) in [7, 11) is 3.16. The Balaban J connectivity index is 1.39. The van der Waals surface area contributed by atoms with E-state index < -0.39 is 0 Å². The summed E-state index contributed by atoms with van der Waals surface area (Å²) in [5.41, 5.74) is 8.29. The lowest BCUT2D eigenvalue weighted by atomic mass is 9.92. The van der Waals surface area contributed by atoms with Gasteiger partial charge >= 0.3 is 0 Å². The number of methoxy groups -OCH3 is 2. The third-order valence-corrected chi connectivity index (χ3v) is 5.85. The van der Waals surface area contributed by atoms with E-state index in [9.17, 15) is 4.39 Å². The summed E-state index contributed by atoms with van der Waals surface area (Å²) in [6, 6.07) is 8.14. The molecule has 1 saturated heterocycles. The lowest BCUT2D eigenvalue weighted by Gasteiger charge is -2.31. The highest BCUT2D eigenvalue weighted by atomic mass is 19.1. The van der Waals surface area contributed by atoms with Gasteiger partial charge in [-0.1, -0.05) is 5.16 Å². The molecular formula is C22H22FN5O3. The molecule has 2 aromatic heterocycles. The van der Waals surface area contributed by atoms with Gasteiger partial charge in [-0.2, -0.15) is 4.98 Å². The molecule has 2 aromatic carbocycles. The minimum absolute atomic E-state index is 0.227. The normalized spacial score (nSPS) is 15.0. The Morgan fingerprint density at radius 1 is 1.03 bits per heavy atom. The van der Waals surface area contributed by atoms with E-state index in [0.717, 1.165) is 42.4 Å². The number of nitrogens with zero attached hydrogens (tertiary/aromatic N) is 4. The van der Waals surface area contributed by atoms with Crippen molar-refractivity contribution in [3.8, 4) is 11.5 Å². The van der Waals surface area contributed by atoms with Crippen LogP contribution in [0, 0.1) is 5.82 Å². The molecule has 0 bridgehead atoms. The van der Waals surface area contributed by atoms with Gasteiger partial charge in [-0.3, -0.25) is 0 Å². The number of fused-ring (bicyclic) bond motifs is 2. The quantitative estimate of drug-likeness (QED) is 0.528. The van der Waals surface area contributed by atoms with Crippen LogP contribution in [0.25, 0.3) is 21.9 Å². The molecule has 2 N–H and O–H groups in total. The van der Waals surface area contributed by atoms with Crippen molar-refractivity contribution in [2.24, 2.45) is 0 Å². The first kappa shape index (κ1) is 19.3. The summed E-state index contributed by atoms with van der Waals surface area (Å²) in [4.78, 5) is 11.4. The first-order chi connectivity index (χ1) is 15.1. The van der Waals surface area contributed by atoms with E-state index in [1.165, 1.54) is 12.1 Å². The fraction of sp³-hybridized carbons (Fsp3) is 0.318. The number of benzene rings is 2. The van der Waals surface area contributed by atoms with Crippen LogP contribution in [-0.4, -0.2) is 42.4 Å². The molecule has 0 saturated carbocycles. The predicted octanol–water partition coefficient (Wildman–Crippen LogP) is 3.89. The number of ether oxygens (including phenoxy) is 2. The molecular weight excluding hydrogens is 401 g/mol. The molecule has 4 aromatic rings.